The molecule has 3 N–H and O–H groups in total. The van der Waals surface area contributed by atoms with Gasteiger partial charge in [0.2, 0.25) is 0 Å². The Kier molecular flexibility index (Phi) is 8.22. The lowest BCUT2D eigenvalue weighted by Gasteiger charge is -2.19. The number of nitrogens with one attached hydrogen (secondary N) is 3. The van der Waals surface area contributed by atoms with E-state index < -0.39 is 11.4 Å². The quantitative estimate of drug-likeness (QED) is 0.217. The summed E-state index contributed by atoms with van der Waals surface area (Å²) in [6, 6.07) is 15.7. The predicted molar refractivity (Wildman–Crippen MR) is 166 cm³/mol. The predicted octanol–water partition coefficient (Wildman–Crippen LogP) is 5.38. The number of likely N-dealkylation sites (N-methyl/N-ethyl adjacent to an activating group) is 1. The summed E-state index contributed by atoms with van der Waals surface area (Å²) < 4.78 is 32.3. The Bertz CT molecular complexity index is 1930. The highest BCUT2D eigenvalue weighted by molar-refractivity contribution is 5.95. The van der Waals surface area contributed by atoms with Crippen LogP contribution in [0.2, 0.25) is 0 Å². The average Bonchev–Trinajstić information content (AvgIpc) is 3.33. The first-order valence-corrected chi connectivity index (χ1v) is 13.7. The highest BCUT2D eigenvalue weighted by atomic mass is 19.1. The Morgan fingerprint density at radius 2 is 1.84 bits per heavy atom. The van der Waals surface area contributed by atoms with Crippen molar-refractivity contribution < 1.29 is 13.6 Å². The Morgan fingerprint density at radius 3 is 2.58 bits per heavy atom. The minimum Gasteiger partial charge on any atom is -0.355 e. The highest BCUT2D eigenvalue weighted by Gasteiger charge is 2.17. The number of carbonyl (C=O) groups excluding carboxylic acids is 1. The van der Waals surface area contributed by atoms with Gasteiger partial charge in [-0.15, -0.1) is 0 Å². The van der Waals surface area contributed by atoms with Crippen LogP contribution in [0, 0.1) is 18.6 Å². The van der Waals surface area contributed by atoms with Gasteiger partial charge in [0.1, 0.15) is 11.6 Å². The molecular formula is C33H32F2N6O2. The zero-order valence-corrected chi connectivity index (χ0v) is 24.3. The summed E-state index contributed by atoms with van der Waals surface area (Å²) in [5, 5.41) is 9.40. The first kappa shape index (κ1) is 29.4. The van der Waals surface area contributed by atoms with Crippen molar-refractivity contribution in [3.05, 3.63) is 124 Å². The fourth-order valence-electron chi connectivity index (χ4n) is 4.99. The molecule has 5 rings (SSSR count). The van der Waals surface area contributed by atoms with E-state index in [9.17, 15) is 14.0 Å². The molecule has 0 aliphatic carbocycles. The van der Waals surface area contributed by atoms with E-state index in [0.29, 0.717) is 33.8 Å². The molecule has 1 atom stereocenters. The Morgan fingerprint density at radius 1 is 1.05 bits per heavy atom. The minimum absolute atomic E-state index is 0.00119. The first-order chi connectivity index (χ1) is 20.6. The maximum atomic E-state index is 15.1. The molecule has 0 bridgehead atoms. The van der Waals surface area contributed by atoms with Crippen molar-refractivity contribution in [2.24, 2.45) is 0 Å². The third kappa shape index (κ3) is 5.96. The third-order valence-corrected chi connectivity index (χ3v) is 7.46. The van der Waals surface area contributed by atoms with Gasteiger partial charge in [-0.25, -0.2) is 13.8 Å². The van der Waals surface area contributed by atoms with E-state index in [1.54, 1.807) is 61.3 Å². The van der Waals surface area contributed by atoms with Crippen molar-refractivity contribution in [2.75, 3.05) is 19.4 Å². The van der Waals surface area contributed by atoms with Crippen LogP contribution in [0.25, 0.3) is 27.8 Å². The van der Waals surface area contributed by atoms with Crippen LogP contribution >= 0.6 is 0 Å². The lowest BCUT2D eigenvalue weighted by Crippen LogP contribution is -2.31. The van der Waals surface area contributed by atoms with Crippen LogP contribution < -0.4 is 21.5 Å². The van der Waals surface area contributed by atoms with Gasteiger partial charge in [0.15, 0.2) is 5.82 Å². The monoisotopic (exact) mass is 582 g/mol. The van der Waals surface area contributed by atoms with Crippen LogP contribution in [0.5, 0.6) is 0 Å². The summed E-state index contributed by atoms with van der Waals surface area (Å²) >= 11 is 0. The number of halogens is 2. The van der Waals surface area contributed by atoms with Gasteiger partial charge in [-0.1, -0.05) is 18.7 Å². The van der Waals surface area contributed by atoms with Crippen molar-refractivity contribution in [1.82, 2.24) is 24.8 Å². The number of fused-ring (bicyclic) bond motifs is 1. The normalized spacial score (nSPS) is 11.9. The lowest BCUT2D eigenvalue weighted by molar-refractivity contribution is 0.0963. The summed E-state index contributed by atoms with van der Waals surface area (Å²) in [7, 11) is 3.32. The molecule has 0 aliphatic rings. The zero-order valence-electron chi connectivity index (χ0n) is 24.3. The van der Waals surface area contributed by atoms with Crippen molar-refractivity contribution >= 4 is 22.6 Å². The van der Waals surface area contributed by atoms with Gasteiger partial charge in [-0.2, -0.15) is 0 Å². The highest BCUT2D eigenvalue weighted by Crippen LogP contribution is 2.27. The molecule has 0 aliphatic heterocycles. The van der Waals surface area contributed by atoms with Crippen molar-refractivity contribution in [3.63, 3.8) is 0 Å². The second kappa shape index (κ2) is 12.0. The van der Waals surface area contributed by atoms with E-state index in [4.69, 9.17) is 0 Å². The molecule has 0 radical (unpaired) electrons. The number of benzene rings is 3. The van der Waals surface area contributed by atoms with Crippen LogP contribution in [-0.4, -0.2) is 40.2 Å². The van der Waals surface area contributed by atoms with E-state index in [1.165, 1.54) is 28.8 Å². The summed E-state index contributed by atoms with van der Waals surface area (Å²) in [6.07, 6.45) is 3.37. The van der Waals surface area contributed by atoms with E-state index >= 15 is 4.39 Å². The number of rotatable bonds is 9. The molecule has 0 fully saturated rings. The second-order valence-corrected chi connectivity index (χ2v) is 10.4. The van der Waals surface area contributed by atoms with E-state index in [1.807, 2.05) is 20.0 Å². The largest absolute Gasteiger partial charge is 0.355 e. The molecule has 8 nitrogen and oxygen atoms in total. The Balaban J connectivity index is 1.64. The number of anilines is 1. The topological polar surface area (TPSA) is 93.0 Å². The van der Waals surface area contributed by atoms with Crippen LogP contribution in [0.4, 0.5) is 14.6 Å². The van der Waals surface area contributed by atoms with E-state index in [0.717, 1.165) is 16.5 Å². The number of aromatic nitrogens is 3. The summed E-state index contributed by atoms with van der Waals surface area (Å²) in [4.78, 5) is 30.6. The third-order valence-electron chi connectivity index (χ3n) is 7.46. The molecule has 0 unspecified atom stereocenters. The van der Waals surface area contributed by atoms with E-state index in [2.05, 4.69) is 27.5 Å². The fraction of sp³-hybridized carbons (Fsp3) is 0.182. The minimum atomic E-state index is -0.492. The maximum Gasteiger partial charge on any atom is 0.294 e. The molecule has 0 spiro atoms. The molecule has 2 heterocycles. The number of amides is 1. The standard InChI is InChI=1S/C33H32F2N6O2/c1-19-17-40(29-10-9-25(34)15-28(19)29)27-12-22(11-26(35)14-27)18-41-30(23-7-6-8-24(13-23)32(42)37-5)16-38-31(33(41)43)39-21(3)20(2)36-4/h6-17,20,36H,3,18H2,1-2,4-5H3,(H,37,42)(H,38,39)/t20-/m0/s1. The zero-order chi connectivity index (χ0) is 30.8. The number of aryl methyl sites for hydroxylation is 1. The van der Waals surface area contributed by atoms with E-state index in [-0.39, 0.29) is 30.1 Å². The Hall–Kier alpha value is -5.09. The smallest absolute Gasteiger partial charge is 0.294 e. The summed E-state index contributed by atoms with van der Waals surface area (Å²) in [5.74, 6) is -1.06. The van der Waals surface area contributed by atoms with Crippen molar-refractivity contribution in [1.29, 1.82) is 0 Å². The van der Waals surface area contributed by atoms with Crippen LogP contribution in [0.3, 0.4) is 0 Å². The molecular weight excluding hydrogens is 550 g/mol. The van der Waals surface area contributed by atoms with Gasteiger partial charge in [-0.3, -0.25) is 14.2 Å². The molecule has 0 saturated heterocycles. The number of hydrogen-bond acceptors (Lipinski definition) is 5. The SMILES string of the molecule is C=C(Nc1ncc(-c2cccc(C(=O)NC)c2)n(Cc2cc(F)cc(-n3cc(C)c4cc(F)ccc43)c2)c1=O)[C@H](C)NC. The molecule has 1 amide bonds. The van der Waals surface area contributed by atoms with Crippen LogP contribution in [0.15, 0.2) is 90.1 Å². The second-order valence-electron chi connectivity index (χ2n) is 10.4. The van der Waals surface area contributed by atoms with Gasteiger partial charge in [0.25, 0.3) is 11.5 Å². The first-order valence-electron chi connectivity index (χ1n) is 13.7. The maximum absolute atomic E-state index is 15.1. The van der Waals surface area contributed by atoms with Crippen molar-refractivity contribution in [3.8, 4) is 16.9 Å². The number of nitrogens with zero attached hydrogens (tertiary/aromatic N) is 3. The molecule has 220 valence electrons. The molecule has 3 aromatic carbocycles. The number of hydrogen-bond donors (Lipinski definition) is 3. The summed E-state index contributed by atoms with van der Waals surface area (Å²) in [6.45, 7) is 7.76. The van der Waals surface area contributed by atoms with Gasteiger partial charge in [-0.05, 0) is 80.6 Å². The Labute approximate surface area is 247 Å². The van der Waals surface area contributed by atoms with Crippen LogP contribution in [-0.2, 0) is 6.54 Å². The van der Waals surface area contributed by atoms with Gasteiger partial charge in [0, 0.05) is 47.2 Å². The molecule has 5 aromatic rings. The molecule has 43 heavy (non-hydrogen) atoms. The molecule has 2 aromatic heterocycles. The number of carbonyl (C=O) groups is 1. The summed E-state index contributed by atoms with van der Waals surface area (Å²) in [5.41, 5.74) is 4.16. The van der Waals surface area contributed by atoms with Crippen molar-refractivity contribution in [2.45, 2.75) is 26.4 Å². The van der Waals surface area contributed by atoms with Gasteiger partial charge < -0.3 is 20.5 Å². The lowest BCUT2D eigenvalue weighted by atomic mass is 10.1. The van der Waals surface area contributed by atoms with Gasteiger partial charge >= 0.3 is 0 Å². The fourth-order valence-corrected chi connectivity index (χ4v) is 4.99. The molecule has 0 saturated carbocycles. The average molecular weight is 583 g/mol. The van der Waals surface area contributed by atoms with Gasteiger partial charge in [0.05, 0.1) is 24.0 Å². The van der Waals surface area contributed by atoms with Crippen LogP contribution in [0.1, 0.15) is 28.4 Å². The molecule has 10 heteroatoms.